The molecule has 80 valence electrons. The van der Waals surface area contributed by atoms with Gasteiger partial charge in [0.05, 0.1) is 5.75 Å². The maximum absolute atomic E-state index is 11.3. The lowest BCUT2D eigenvalue weighted by molar-refractivity contribution is 0.598. The van der Waals surface area contributed by atoms with Crippen molar-refractivity contribution in [1.29, 1.82) is 0 Å². The first kappa shape index (κ1) is 13.1. The molecule has 0 heterocycles. The summed E-state index contributed by atoms with van der Waals surface area (Å²) in [6, 6.07) is 0. The van der Waals surface area contributed by atoms with E-state index in [4.69, 9.17) is 5.73 Å². The summed E-state index contributed by atoms with van der Waals surface area (Å²) in [4.78, 5) is 0. The molecule has 0 aliphatic carbocycles. The van der Waals surface area contributed by atoms with Gasteiger partial charge < -0.3 is 5.73 Å². The predicted molar refractivity (Wildman–Crippen MR) is 55.9 cm³/mol. The molecule has 0 aromatic heterocycles. The van der Waals surface area contributed by atoms with Crippen LogP contribution in [0.2, 0.25) is 0 Å². The molecule has 0 aliphatic rings. The molecular weight excluding hydrogens is 210 g/mol. The number of hydrogen-bond acceptors (Lipinski definition) is 4. The molecule has 2 N–H and O–H groups in total. The number of hydrogen-bond donors (Lipinski definition) is 1. The van der Waals surface area contributed by atoms with Crippen LogP contribution in [0.4, 0.5) is 0 Å². The molecule has 0 spiro atoms. The summed E-state index contributed by atoms with van der Waals surface area (Å²) in [6.07, 6.45) is 0. The molecule has 0 amide bonds. The molecule has 0 bridgehead atoms. The second kappa shape index (κ2) is 5.72. The van der Waals surface area contributed by atoms with E-state index in [2.05, 4.69) is 0 Å². The monoisotopic (exact) mass is 227 g/mol. The number of rotatable bonds is 6. The summed E-state index contributed by atoms with van der Waals surface area (Å²) >= 11 is 0. The van der Waals surface area contributed by atoms with Crippen molar-refractivity contribution in [2.24, 2.45) is 5.73 Å². The zero-order chi connectivity index (χ0) is 10.5. The van der Waals surface area contributed by atoms with Gasteiger partial charge in [0.25, 0.3) is 0 Å². The van der Waals surface area contributed by atoms with Gasteiger partial charge in [-0.15, -0.1) is 0 Å². The average Bonchev–Trinajstić information content (AvgIpc) is 2.13. The standard InChI is InChI=1S/C7H17NO3S2/c1-3-13(10,11)5-4-12(9)7(2)6-8/h7H,3-6,8H2,1-2H3. The third kappa shape index (κ3) is 5.38. The molecule has 2 atom stereocenters. The van der Waals surface area contributed by atoms with Gasteiger partial charge in [0.15, 0.2) is 9.84 Å². The summed E-state index contributed by atoms with van der Waals surface area (Å²) in [7, 11) is -4.11. The Morgan fingerprint density at radius 1 is 1.46 bits per heavy atom. The first-order valence-corrected chi connectivity index (χ1v) is 7.41. The van der Waals surface area contributed by atoms with Crippen LogP contribution in [0.3, 0.4) is 0 Å². The van der Waals surface area contributed by atoms with Crippen molar-refractivity contribution < 1.29 is 12.6 Å². The summed E-state index contributed by atoms with van der Waals surface area (Å²) in [5.74, 6) is 0.316. The first-order valence-electron chi connectivity index (χ1n) is 4.20. The van der Waals surface area contributed by atoms with Gasteiger partial charge in [0.1, 0.15) is 0 Å². The molecule has 0 fully saturated rings. The number of sulfone groups is 1. The van der Waals surface area contributed by atoms with Gasteiger partial charge >= 0.3 is 0 Å². The Hall–Kier alpha value is 0.0600. The van der Waals surface area contributed by atoms with Crippen LogP contribution in [-0.2, 0) is 20.6 Å². The fourth-order valence-electron chi connectivity index (χ4n) is 0.662. The highest BCUT2D eigenvalue weighted by atomic mass is 32.2. The quantitative estimate of drug-likeness (QED) is 0.664. The van der Waals surface area contributed by atoms with Crippen molar-refractivity contribution in [3.63, 3.8) is 0 Å². The Labute approximate surface area is 82.3 Å². The Kier molecular flexibility index (Phi) is 5.75. The van der Waals surface area contributed by atoms with Crippen LogP contribution in [0, 0.1) is 0 Å². The summed E-state index contributed by atoms with van der Waals surface area (Å²) in [5, 5.41) is -0.118. The van der Waals surface area contributed by atoms with Crippen LogP contribution in [-0.4, -0.2) is 41.7 Å². The number of nitrogens with two attached hydrogens (primary N) is 1. The van der Waals surface area contributed by atoms with E-state index in [-0.39, 0.29) is 22.5 Å². The molecule has 4 nitrogen and oxygen atoms in total. The van der Waals surface area contributed by atoms with Crippen molar-refractivity contribution in [2.75, 3.05) is 23.8 Å². The van der Waals surface area contributed by atoms with E-state index in [0.29, 0.717) is 6.54 Å². The molecule has 0 saturated carbocycles. The third-order valence-electron chi connectivity index (χ3n) is 1.82. The van der Waals surface area contributed by atoms with Crippen molar-refractivity contribution in [1.82, 2.24) is 0 Å². The van der Waals surface area contributed by atoms with Crippen LogP contribution in [0.15, 0.2) is 0 Å². The molecule has 2 unspecified atom stereocenters. The van der Waals surface area contributed by atoms with E-state index < -0.39 is 20.6 Å². The highest BCUT2D eigenvalue weighted by Gasteiger charge is 2.13. The maximum Gasteiger partial charge on any atom is 0.150 e. The Morgan fingerprint density at radius 3 is 2.38 bits per heavy atom. The summed E-state index contributed by atoms with van der Waals surface area (Å²) in [6.45, 7) is 3.68. The molecular formula is C7H17NO3S2. The zero-order valence-electron chi connectivity index (χ0n) is 8.02. The molecule has 0 aromatic rings. The second-order valence-corrected chi connectivity index (χ2v) is 7.31. The minimum Gasteiger partial charge on any atom is -0.329 e. The molecule has 0 aliphatic heterocycles. The fraction of sp³-hybridized carbons (Fsp3) is 1.00. The molecule has 0 saturated heterocycles. The Balaban J connectivity index is 3.97. The van der Waals surface area contributed by atoms with E-state index >= 15 is 0 Å². The van der Waals surface area contributed by atoms with E-state index in [9.17, 15) is 12.6 Å². The molecule has 0 aromatic carbocycles. The van der Waals surface area contributed by atoms with Crippen LogP contribution in [0.5, 0.6) is 0 Å². The molecule has 13 heavy (non-hydrogen) atoms. The highest BCUT2D eigenvalue weighted by Crippen LogP contribution is 1.97. The topological polar surface area (TPSA) is 77.2 Å². The molecule has 0 radical (unpaired) electrons. The van der Waals surface area contributed by atoms with Crippen molar-refractivity contribution in [2.45, 2.75) is 19.1 Å². The Morgan fingerprint density at radius 2 is 2.00 bits per heavy atom. The van der Waals surface area contributed by atoms with Crippen LogP contribution < -0.4 is 5.73 Å². The van der Waals surface area contributed by atoms with Crippen molar-refractivity contribution >= 4 is 20.6 Å². The lowest BCUT2D eigenvalue weighted by Gasteiger charge is -2.07. The van der Waals surface area contributed by atoms with Gasteiger partial charge in [-0.3, -0.25) is 4.21 Å². The van der Waals surface area contributed by atoms with Gasteiger partial charge in [-0.25, -0.2) is 8.42 Å². The predicted octanol–water partition coefficient (Wildman–Crippen LogP) is -0.483. The summed E-state index contributed by atoms with van der Waals surface area (Å²) < 4.78 is 33.4. The first-order chi connectivity index (χ1) is 5.93. The van der Waals surface area contributed by atoms with Gasteiger partial charge in [-0.1, -0.05) is 6.92 Å². The van der Waals surface area contributed by atoms with Crippen molar-refractivity contribution in [3.05, 3.63) is 0 Å². The highest BCUT2D eigenvalue weighted by molar-refractivity contribution is 7.93. The van der Waals surface area contributed by atoms with E-state index in [0.717, 1.165) is 0 Å². The van der Waals surface area contributed by atoms with Gasteiger partial charge in [0, 0.05) is 34.1 Å². The maximum atomic E-state index is 11.3. The van der Waals surface area contributed by atoms with Crippen LogP contribution in [0.25, 0.3) is 0 Å². The third-order valence-corrected chi connectivity index (χ3v) is 5.48. The minimum atomic E-state index is -2.99. The van der Waals surface area contributed by atoms with Gasteiger partial charge in [-0.2, -0.15) is 0 Å². The van der Waals surface area contributed by atoms with E-state index in [1.54, 1.807) is 13.8 Å². The average molecular weight is 227 g/mol. The SMILES string of the molecule is CCS(=O)(=O)CCS(=O)C(C)CN. The van der Waals surface area contributed by atoms with E-state index in [1.807, 2.05) is 0 Å². The smallest absolute Gasteiger partial charge is 0.150 e. The largest absolute Gasteiger partial charge is 0.329 e. The lowest BCUT2D eigenvalue weighted by atomic mass is 10.5. The zero-order valence-corrected chi connectivity index (χ0v) is 9.66. The fourth-order valence-corrected chi connectivity index (χ4v) is 3.24. The Bertz CT molecular complexity index is 261. The normalized spacial score (nSPS) is 16.8. The molecule has 0 rings (SSSR count). The lowest BCUT2D eigenvalue weighted by Crippen LogP contribution is -2.26. The van der Waals surface area contributed by atoms with Crippen molar-refractivity contribution in [3.8, 4) is 0 Å². The van der Waals surface area contributed by atoms with Gasteiger partial charge in [-0.05, 0) is 6.92 Å². The minimum absolute atomic E-state index is 0.000448. The van der Waals surface area contributed by atoms with Gasteiger partial charge in [0.2, 0.25) is 0 Å². The van der Waals surface area contributed by atoms with E-state index in [1.165, 1.54) is 0 Å². The summed E-state index contributed by atoms with van der Waals surface area (Å²) in [5.41, 5.74) is 5.30. The van der Waals surface area contributed by atoms with Crippen LogP contribution >= 0.6 is 0 Å². The second-order valence-electron chi connectivity index (χ2n) is 2.87. The van der Waals surface area contributed by atoms with Crippen LogP contribution in [0.1, 0.15) is 13.8 Å². The molecule has 6 heteroatoms.